The highest BCUT2D eigenvalue weighted by Crippen LogP contribution is 2.29. The Morgan fingerprint density at radius 2 is 2.13 bits per heavy atom. The minimum absolute atomic E-state index is 0.280. The average Bonchev–Trinajstić information content (AvgIpc) is 2.75. The number of hydrogen-bond acceptors (Lipinski definition) is 4. The van der Waals surface area contributed by atoms with Crippen LogP contribution in [-0.4, -0.2) is 56.3 Å². The Kier molecular flexibility index (Phi) is 5.14. The van der Waals surface area contributed by atoms with Crippen LogP contribution < -0.4 is 5.32 Å². The lowest BCUT2D eigenvalue weighted by Gasteiger charge is -2.39. The van der Waals surface area contributed by atoms with E-state index >= 15 is 0 Å². The summed E-state index contributed by atoms with van der Waals surface area (Å²) in [5.41, 5.74) is 0. The summed E-state index contributed by atoms with van der Waals surface area (Å²) in [6.07, 6.45) is 4.80. The van der Waals surface area contributed by atoms with Gasteiger partial charge in [-0.25, -0.2) is 0 Å². The molecule has 0 radical (unpaired) electrons. The minimum Gasteiger partial charge on any atom is -0.349 e. The highest BCUT2D eigenvalue weighted by molar-refractivity contribution is 8.00. The van der Waals surface area contributed by atoms with Crippen molar-refractivity contribution in [1.29, 1.82) is 0 Å². The molecule has 23 heavy (non-hydrogen) atoms. The van der Waals surface area contributed by atoms with Crippen molar-refractivity contribution in [1.82, 2.24) is 25.0 Å². The lowest BCUT2D eigenvalue weighted by atomic mass is 10.2. The molecule has 0 amide bonds. The van der Waals surface area contributed by atoms with E-state index in [4.69, 9.17) is 0 Å². The van der Waals surface area contributed by atoms with E-state index in [2.05, 4.69) is 43.8 Å². The van der Waals surface area contributed by atoms with Gasteiger partial charge >= 0.3 is 0 Å². The largest absolute Gasteiger partial charge is 0.349 e. The molecule has 3 heterocycles. The minimum atomic E-state index is 0.280. The van der Waals surface area contributed by atoms with Gasteiger partial charge in [-0.15, -0.1) is 10.2 Å². The van der Waals surface area contributed by atoms with Gasteiger partial charge in [-0.05, 0) is 26.7 Å². The van der Waals surface area contributed by atoms with E-state index in [0.29, 0.717) is 6.54 Å². The topological polar surface area (TPSA) is 58.3 Å². The Hall–Kier alpha value is -1.24. The van der Waals surface area contributed by atoms with Crippen molar-refractivity contribution < 1.29 is 0 Å². The third-order valence-corrected chi connectivity index (χ3v) is 5.82. The lowest BCUT2D eigenvalue weighted by molar-refractivity contribution is 0.375. The van der Waals surface area contributed by atoms with Gasteiger partial charge in [0.2, 0.25) is 0 Å². The third-order valence-electron chi connectivity index (χ3n) is 4.53. The van der Waals surface area contributed by atoms with Gasteiger partial charge in [0.25, 0.3) is 0 Å². The van der Waals surface area contributed by atoms with E-state index in [0.717, 1.165) is 49.4 Å². The number of aliphatic imine (C=N–C) groups is 1. The predicted molar refractivity (Wildman–Crippen MR) is 95.9 cm³/mol. The van der Waals surface area contributed by atoms with Gasteiger partial charge in [0, 0.05) is 43.6 Å². The highest BCUT2D eigenvalue weighted by Gasteiger charge is 2.28. The van der Waals surface area contributed by atoms with Crippen LogP contribution in [0.1, 0.15) is 44.8 Å². The number of fused-ring (bicyclic) bond motifs is 1. The van der Waals surface area contributed by atoms with E-state index in [1.165, 1.54) is 19.3 Å². The van der Waals surface area contributed by atoms with Crippen LogP contribution in [0.4, 0.5) is 0 Å². The van der Waals surface area contributed by atoms with Crippen LogP contribution in [0.25, 0.3) is 0 Å². The van der Waals surface area contributed by atoms with Crippen LogP contribution in [-0.2, 0) is 19.5 Å². The number of hydrogen-bond donors (Lipinski definition) is 1. The molecule has 0 bridgehead atoms. The molecule has 1 N–H and O–H groups in total. The molecule has 0 saturated carbocycles. The van der Waals surface area contributed by atoms with Crippen LogP contribution >= 0.6 is 11.8 Å². The van der Waals surface area contributed by atoms with E-state index in [9.17, 15) is 0 Å². The number of nitrogens with one attached hydrogen (secondary N) is 1. The normalized spacial score (nSPS) is 21.7. The first-order valence-electron chi connectivity index (χ1n) is 8.59. The summed E-state index contributed by atoms with van der Waals surface area (Å²) in [5, 5.41) is 12.3. The van der Waals surface area contributed by atoms with Crippen LogP contribution in [0.3, 0.4) is 0 Å². The quantitative estimate of drug-likeness (QED) is 0.660. The Morgan fingerprint density at radius 3 is 2.91 bits per heavy atom. The van der Waals surface area contributed by atoms with Crippen LogP contribution in [0.2, 0.25) is 0 Å². The first-order valence-corrected chi connectivity index (χ1v) is 9.58. The van der Waals surface area contributed by atoms with Crippen molar-refractivity contribution in [2.75, 3.05) is 25.9 Å². The summed E-state index contributed by atoms with van der Waals surface area (Å²) in [7, 11) is 1.86. The molecule has 2 aliphatic heterocycles. The first-order chi connectivity index (χ1) is 11.1. The van der Waals surface area contributed by atoms with Gasteiger partial charge in [0.15, 0.2) is 11.8 Å². The van der Waals surface area contributed by atoms with Crippen molar-refractivity contribution >= 4 is 17.7 Å². The summed E-state index contributed by atoms with van der Waals surface area (Å²) in [6.45, 7) is 8.42. The summed E-state index contributed by atoms with van der Waals surface area (Å²) >= 11 is 2.04. The second kappa shape index (κ2) is 7.11. The third kappa shape index (κ3) is 4.00. The molecule has 3 rings (SSSR count). The first kappa shape index (κ1) is 16.6. The van der Waals surface area contributed by atoms with Crippen molar-refractivity contribution in [3.63, 3.8) is 0 Å². The molecule has 0 spiro atoms. The van der Waals surface area contributed by atoms with Crippen molar-refractivity contribution in [3.05, 3.63) is 11.6 Å². The van der Waals surface area contributed by atoms with E-state index in [-0.39, 0.29) is 4.75 Å². The number of aromatic nitrogens is 3. The van der Waals surface area contributed by atoms with Gasteiger partial charge in [-0.2, -0.15) is 11.8 Å². The predicted octanol–water partition coefficient (Wildman–Crippen LogP) is 1.91. The van der Waals surface area contributed by atoms with Gasteiger partial charge < -0.3 is 14.8 Å². The molecule has 1 aromatic rings. The fourth-order valence-electron chi connectivity index (χ4n) is 3.36. The number of rotatable bonds is 2. The molecule has 6 nitrogen and oxygen atoms in total. The van der Waals surface area contributed by atoms with Crippen LogP contribution in [0.15, 0.2) is 4.99 Å². The van der Waals surface area contributed by atoms with Crippen LogP contribution in [0, 0.1) is 0 Å². The summed E-state index contributed by atoms with van der Waals surface area (Å²) in [5.74, 6) is 4.30. The summed E-state index contributed by atoms with van der Waals surface area (Å²) < 4.78 is 2.57. The van der Waals surface area contributed by atoms with Crippen molar-refractivity contribution in [3.8, 4) is 0 Å². The average molecular weight is 337 g/mol. The molecule has 1 fully saturated rings. The molecule has 1 saturated heterocycles. The van der Waals surface area contributed by atoms with Gasteiger partial charge in [0.1, 0.15) is 5.82 Å². The van der Waals surface area contributed by atoms with E-state index in [1.54, 1.807) is 0 Å². The maximum Gasteiger partial charge on any atom is 0.194 e. The number of nitrogens with zero attached hydrogens (tertiary/aromatic N) is 5. The molecule has 0 unspecified atom stereocenters. The molecule has 7 heteroatoms. The molecular formula is C16H28N6S. The Balaban J connectivity index is 1.64. The molecular weight excluding hydrogens is 308 g/mol. The number of thioether (sulfide) groups is 1. The highest BCUT2D eigenvalue weighted by atomic mass is 32.2. The SMILES string of the molecule is CN=C(NCc1nnc2n1CCCCC2)N1CCSC(C)(C)C1. The zero-order valence-electron chi connectivity index (χ0n) is 14.5. The Morgan fingerprint density at radius 1 is 1.26 bits per heavy atom. The van der Waals surface area contributed by atoms with E-state index in [1.807, 2.05) is 18.8 Å². The molecule has 0 aliphatic carbocycles. The summed E-state index contributed by atoms with van der Waals surface area (Å²) in [6, 6.07) is 0. The smallest absolute Gasteiger partial charge is 0.194 e. The fraction of sp³-hybridized carbons (Fsp3) is 0.812. The second-order valence-corrected chi connectivity index (χ2v) is 8.73. The van der Waals surface area contributed by atoms with Crippen molar-refractivity contribution in [2.45, 2.75) is 57.4 Å². The zero-order chi connectivity index (χ0) is 16.3. The maximum atomic E-state index is 4.47. The van der Waals surface area contributed by atoms with Gasteiger partial charge in [-0.3, -0.25) is 4.99 Å². The number of guanidine groups is 1. The van der Waals surface area contributed by atoms with Crippen molar-refractivity contribution in [2.24, 2.45) is 4.99 Å². The second-order valence-electron chi connectivity index (χ2n) is 6.93. The molecule has 128 valence electrons. The fourth-order valence-corrected chi connectivity index (χ4v) is 4.48. The van der Waals surface area contributed by atoms with Crippen LogP contribution in [0.5, 0.6) is 0 Å². The molecule has 0 aromatic carbocycles. The lowest BCUT2D eigenvalue weighted by Crippen LogP contribution is -2.50. The standard InChI is InChI=1S/C16H28N6S/c1-16(2)12-21(9-10-23-16)15(17-3)18-11-14-20-19-13-7-5-4-6-8-22(13)14/h4-12H2,1-3H3,(H,17,18). The Labute approximate surface area is 143 Å². The maximum absolute atomic E-state index is 4.47. The van der Waals surface area contributed by atoms with Gasteiger partial charge in [-0.1, -0.05) is 6.42 Å². The van der Waals surface area contributed by atoms with E-state index < -0.39 is 0 Å². The monoisotopic (exact) mass is 336 g/mol. The molecule has 2 aliphatic rings. The number of aryl methyl sites for hydroxylation is 1. The molecule has 0 atom stereocenters. The van der Waals surface area contributed by atoms with Gasteiger partial charge in [0.05, 0.1) is 6.54 Å². The summed E-state index contributed by atoms with van der Waals surface area (Å²) in [4.78, 5) is 6.83. The Bertz CT molecular complexity index is 565. The zero-order valence-corrected chi connectivity index (χ0v) is 15.3. The molecule has 1 aromatic heterocycles.